The van der Waals surface area contributed by atoms with E-state index in [1.807, 2.05) is 0 Å². The molecule has 3 heteroatoms. The van der Waals surface area contributed by atoms with E-state index in [0.717, 1.165) is 26.3 Å². The highest BCUT2D eigenvalue weighted by atomic mass is 16.5. The summed E-state index contributed by atoms with van der Waals surface area (Å²) in [6.45, 7) is 5.28. The van der Waals surface area contributed by atoms with E-state index in [9.17, 15) is 0 Å². The molecular formula is C11H22N2O. The van der Waals surface area contributed by atoms with Crippen molar-refractivity contribution in [3.8, 4) is 0 Å². The van der Waals surface area contributed by atoms with Crippen LogP contribution in [0.3, 0.4) is 0 Å². The molecule has 0 aromatic heterocycles. The van der Waals surface area contributed by atoms with Crippen molar-refractivity contribution in [2.45, 2.75) is 31.2 Å². The molecule has 1 aliphatic carbocycles. The molecule has 0 aromatic rings. The third-order valence-electron chi connectivity index (χ3n) is 3.72. The van der Waals surface area contributed by atoms with Crippen molar-refractivity contribution in [3.63, 3.8) is 0 Å². The lowest BCUT2D eigenvalue weighted by atomic mass is 9.97. The van der Waals surface area contributed by atoms with Crippen LogP contribution in [-0.4, -0.2) is 50.3 Å². The van der Waals surface area contributed by atoms with Crippen molar-refractivity contribution >= 4 is 0 Å². The zero-order valence-corrected chi connectivity index (χ0v) is 9.22. The Morgan fingerprint density at radius 3 is 2.43 bits per heavy atom. The number of nitrogens with zero attached hydrogens (tertiary/aromatic N) is 1. The van der Waals surface area contributed by atoms with Gasteiger partial charge in [0.2, 0.25) is 0 Å². The van der Waals surface area contributed by atoms with Crippen molar-refractivity contribution in [2.24, 2.45) is 0 Å². The van der Waals surface area contributed by atoms with Crippen molar-refractivity contribution in [3.05, 3.63) is 0 Å². The first-order valence-corrected chi connectivity index (χ1v) is 5.84. The van der Waals surface area contributed by atoms with Crippen molar-refractivity contribution in [1.29, 1.82) is 0 Å². The molecule has 1 saturated heterocycles. The summed E-state index contributed by atoms with van der Waals surface area (Å²) >= 11 is 0. The highest BCUT2D eigenvalue weighted by Crippen LogP contribution is 2.30. The van der Waals surface area contributed by atoms with Crippen LogP contribution >= 0.6 is 0 Å². The lowest BCUT2D eigenvalue weighted by Crippen LogP contribution is -2.52. The molecule has 3 nitrogen and oxygen atoms in total. The third-order valence-corrected chi connectivity index (χ3v) is 3.72. The third kappa shape index (κ3) is 2.27. The van der Waals surface area contributed by atoms with Gasteiger partial charge in [-0.15, -0.1) is 0 Å². The number of rotatable bonds is 3. The fraction of sp³-hybridized carbons (Fsp3) is 1.00. The van der Waals surface area contributed by atoms with Gasteiger partial charge in [0.15, 0.2) is 0 Å². The number of hydrogen-bond acceptors (Lipinski definition) is 3. The number of ether oxygens (including phenoxy) is 1. The molecule has 1 saturated carbocycles. The van der Waals surface area contributed by atoms with Gasteiger partial charge in [-0.1, -0.05) is 12.8 Å². The van der Waals surface area contributed by atoms with E-state index < -0.39 is 0 Å². The highest BCUT2D eigenvalue weighted by Gasteiger charge is 2.34. The summed E-state index contributed by atoms with van der Waals surface area (Å²) in [4.78, 5) is 2.55. The minimum absolute atomic E-state index is 0.414. The fourth-order valence-electron chi connectivity index (χ4n) is 2.73. The summed E-state index contributed by atoms with van der Waals surface area (Å²) in [5.41, 5.74) is 0.414. The Morgan fingerprint density at radius 1 is 1.21 bits per heavy atom. The summed E-state index contributed by atoms with van der Waals surface area (Å²) in [6.07, 6.45) is 5.48. The SMILES string of the molecule is CNC1(CN2CCOCC2)CCCC1. The standard InChI is InChI=1S/C11H22N2O/c1-12-11(4-2-3-5-11)10-13-6-8-14-9-7-13/h12H,2-10H2,1H3. The molecule has 0 unspecified atom stereocenters. The van der Waals surface area contributed by atoms with E-state index in [-0.39, 0.29) is 0 Å². The van der Waals surface area contributed by atoms with Gasteiger partial charge in [-0.2, -0.15) is 0 Å². The molecule has 0 aromatic carbocycles. The van der Waals surface area contributed by atoms with Crippen molar-refractivity contribution in [1.82, 2.24) is 10.2 Å². The zero-order chi connectivity index (χ0) is 9.86. The van der Waals surface area contributed by atoms with Gasteiger partial charge in [0.1, 0.15) is 0 Å². The number of likely N-dealkylation sites (N-methyl/N-ethyl adjacent to an activating group) is 1. The Labute approximate surface area is 86.8 Å². The van der Waals surface area contributed by atoms with Crippen LogP contribution in [0.25, 0.3) is 0 Å². The number of nitrogens with one attached hydrogen (secondary N) is 1. The van der Waals surface area contributed by atoms with Gasteiger partial charge in [-0.25, -0.2) is 0 Å². The molecule has 1 N–H and O–H groups in total. The topological polar surface area (TPSA) is 24.5 Å². The van der Waals surface area contributed by atoms with E-state index in [0.29, 0.717) is 5.54 Å². The first kappa shape index (κ1) is 10.4. The second-order valence-electron chi connectivity index (χ2n) is 4.63. The van der Waals surface area contributed by atoms with Crippen LogP contribution in [0.2, 0.25) is 0 Å². The van der Waals surface area contributed by atoms with Gasteiger partial charge in [0, 0.05) is 25.2 Å². The molecule has 0 amide bonds. The van der Waals surface area contributed by atoms with Gasteiger partial charge in [-0.05, 0) is 19.9 Å². The zero-order valence-electron chi connectivity index (χ0n) is 9.22. The first-order valence-electron chi connectivity index (χ1n) is 5.84. The molecule has 0 radical (unpaired) electrons. The minimum atomic E-state index is 0.414. The fourth-order valence-corrected chi connectivity index (χ4v) is 2.73. The Morgan fingerprint density at radius 2 is 1.86 bits per heavy atom. The van der Waals surface area contributed by atoms with Gasteiger partial charge in [0.05, 0.1) is 13.2 Å². The monoisotopic (exact) mass is 198 g/mol. The quantitative estimate of drug-likeness (QED) is 0.727. The maximum absolute atomic E-state index is 5.37. The predicted octanol–water partition coefficient (Wildman–Crippen LogP) is 0.851. The van der Waals surface area contributed by atoms with Crippen LogP contribution < -0.4 is 5.32 Å². The maximum atomic E-state index is 5.37. The summed E-state index contributed by atoms with van der Waals surface area (Å²) < 4.78 is 5.37. The molecule has 1 heterocycles. The summed E-state index contributed by atoms with van der Waals surface area (Å²) in [7, 11) is 2.12. The van der Waals surface area contributed by atoms with Crippen LogP contribution in [0.1, 0.15) is 25.7 Å². The van der Waals surface area contributed by atoms with Crippen LogP contribution in [-0.2, 0) is 4.74 Å². The first-order chi connectivity index (χ1) is 6.85. The van der Waals surface area contributed by atoms with Gasteiger partial charge >= 0.3 is 0 Å². The molecule has 1 aliphatic heterocycles. The van der Waals surface area contributed by atoms with Gasteiger partial charge in [-0.3, -0.25) is 4.90 Å². The van der Waals surface area contributed by atoms with Gasteiger partial charge < -0.3 is 10.1 Å². The average Bonchev–Trinajstić information content (AvgIpc) is 2.69. The Bertz CT molecular complexity index is 172. The highest BCUT2D eigenvalue weighted by molar-refractivity contribution is 4.94. The molecule has 0 spiro atoms. The van der Waals surface area contributed by atoms with E-state index in [1.165, 1.54) is 32.2 Å². The summed E-state index contributed by atoms with van der Waals surface area (Å²) in [6, 6.07) is 0. The van der Waals surface area contributed by atoms with Crippen LogP contribution in [0.4, 0.5) is 0 Å². The molecule has 2 aliphatic rings. The molecule has 82 valence electrons. The molecule has 14 heavy (non-hydrogen) atoms. The van der Waals surface area contributed by atoms with Crippen molar-refractivity contribution < 1.29 is 4.74 Å². The van der Waals surface area contributed by atoms with Crippen LogP contribution in [0.5, 0.6) is 0 Å². The van der Waals surface area contributed by atoms with Crippen LogP contribution in [0, 0.1) is 0 Å². The van der Waals surface area contributed by atoms with Crippen molar-refractivity contribution in [2.75, 3.05) is 39.9 Å². The molecule has 2 rings (SSSR count). The number of hydrogen-bond donors (Lipinski definition) is 1. The van der Waals surface area contributed by atoms with E-state index >= 15 is 0 Å². The summed E-state index contributed by atoms with van der Waals surface area (Å²) in [5, 5.41) is 3.54. The molecule has 0 bridgehead atoms. The van der Waals surface area contributed by atoms with E-state index in [1.54, 1.807) is 0 Å². The lowest BCUT2D eigenvalue weighted by molar-refractivity contribution is 0.0248. The number of morpholine rings is 1. The lowest BCUT2D eigenvalue weighted by Gasteiger charge is -2.37. The molecular weight excluding hydrogens is 176 g/mol. The maximum Gasteiger partial charge on any atom is 0.0594 e. The Balaban J connectivity index is 1.86. The second kappa shape index (κ2) is 4.60. The Hall–Kier alpha value is -0.120. The predicted molar refractivity (Wildman–Crippen MR) is 57.5 cm³/mol. The second-order valence-corrected chi connectivity index (χ2v) is 4.63. The Kier molecular flexibility index (Phi) is 3.42. The summed E-state index contributed by atoms with van der Waals surface area (Å²) in [5.74, 6) is 0. The smallest absolute Gasteiger partial charge is 0.0594 e. The van der Waals surface area contributed by atoms with Crippen LogP contribution in [0.15, 0.2) is 0 Å². The van der Waals surface area contributed by atoms with E-state index in [4.69, 9.17) is 4.74 Å². The minimum Gasteiger partial charge on any atom is -0.379 e. The van der Waals surface area contributed by atoms with Gasteiger partial charge in [0.25, 0.3) is 0 Å². The average molecular weight is 198 g/mol. The normalized spacial score (nSPS) is 28.1. The molecule has 0 atom stereocenters. The molecule has 2 fully saturated rings. The van der Waals surface area contributed by atoms with E-state index in [2.05, 4.69) is 17.3 Å². The largest absolute Gasteiger partial charge is 0.379 e.